The molecule has 1 aromatic heterocycles. The van der Waals surface area contributed by atoms with Gasteiger partial charge < -0.3 is 20.6 Å². The Bertz CT molecular complexity index is 478. The van der Waals surface area contributed by atoms with Crippen LogP contribution in [0.5, 0.6) is 0 Å². The first-order chi connectivity index (χ1) is 8.99. The van der Waals surface area contributed by atoms with Crippen LogP contribution < -0.4 is 10.6 Å². The number of hydrogen-bond donors (Lipinski definition) is 2. The first-order valence-electron chi connectivity index (χ1n) is 6.39. The second-order valence-electron chi connectivity index (χ2n) is 5.09. The molecule has 19 heavy (non-hydrogen) atoms. The number of carboxylic acids is 1. The second kappa shape index (κ2) is 5.44. The van der Waals surface area contributed by atoms with Crippen LogP contribution >= 0.6 is 0 Å². The largest absolute Gasteiger partial charge is 0.478 e. The molecule has 1 saturated heterocycles. The smallest absolute Gasteiger partial charge is 0.338 e. The van der Waals surface area contributed by atoms with Crippen LogP contribution in [0.2, 0.25) is 0 Å². The van der Waals surface area contributed by atoms with E-state index in [1.807, 2.05) is 11.9 Å². The van der Waals surface area contributed by atoms with Crippen molar-refractivity contribution < 1.29 is 9.90 Å². The van der Waals surface area contributed by atoms with Crippen molar-refractivity contribution in [3.05, 3.63) is 17.8 Å². The number of rotatable bonds is 4. The van der Waals surface area contributed by atoms with Crippen molar-refractivity contribution in [3.63, 3.8) is 0 Å². The van der Waals surface area contributed by atoms with Gasteiger partial charge >= 0.3 is 5.97 Å². The molecule has 0 amide bonds. The van der Waals surface area contributed by atoms with Crippen molar-refractivity contribution in [1.82, 2.24) is 9.88 Å². The summed E-state index contributed by atoms with van der Waals surface area (Å²) in [6.07, 6.45) is 3.88. The van der Waals surface area contributed by atoms with E-state index in [2.05, 4.69) is 16.9 Å². The lowest BCUT2D eigenvalue weighted by atomic mass is 10.1. The second-order valence-corrected chi connectivity index (χ2v) is 5.09. The third kappa shape index (κ3) is 2.96. The van der Waals surface area contributed by atoms with Crippen LogP contribution in [0.15, 0.2) is 12.3 Å². The summed E-state index contributed by atoms with van der Waals surface area (Å²) in [4.78, 5) is 19.5. The molecule has 3 N–H and O–H groups in total. The monoisotopic (exact) mass is 264 g/mol. The van der Waals surface area contributed by atoms with E-state index in [0.29, 0.717) is 11.7 Å². The lowest BCUT2D eigenvalue weighted by molar-refractivity contribution is 0.0697. The molecule has 0 spiro atoms. The fraction of sp³-hybridized carbons (Fsp3) is 0.538. The van der Waals surface area contributed by atoms with Crippen molar-refractivity contribution in [2.45, 2.75) is 18.9 Å². The van der Waals surface area contributed by atoms with E-state index in [0.717, 1.165) is 19.5 Å². The van der Waals surface area contributed by atoms with Crippen molar-refractivity contribution in [1.29, 1.82) is 0 Å². The Labute approximate surface area is 112 Å². The van der Waals surface area contributed by atoms with Gasteiger partial charge in [0.05, 0.1) is 17.4 Å². The predicted molar refractivity (Wildman–Crippen MR) is 74.5 cm³/mol. The number of likely N-dealkylation sites (N-methyl/N-ethyl adjacent to an activating group) is 2. The predicted octanol–water partition coefficient (Wildman–Crippen LogP) is 0.892. The summed E-state index contributed by atoms with van der Waals surface area (Å²) < 4.78 is 0. The first-order valence-corrected chi connectivity index (χ1v) is 6.39. The number of aromatic nitrogens is 1. The van der Waals surface area contributed by atoms with Gasteiger partial charge in [-0.25, -0.2) is 9.78 Å². The van der Waals surface area contributed by atoms with Crippen LogP contribution in [-0.2, 0) is 0 Å². The van der Waals surface area contributed by atoms with E-state index in [1.54, 1.807) is 0 Å². The number of nitrogens with two attached hydrogens (primary N) is 1. The van der Waals surface area contributed by atoms with Gasteiger partial charge in [0.2, 0.25) is 0 Å². The Kier molecular flexibility index (Phi) is 3.90. The average molecular weight is 264 g/mol. The highest BCUT2D eigenvalue weighted by Gasteiger charge is 2.24. The normalized spacial score (nSPS) is 19.6. The molecule has 0 aromatic carbocycles. The van der Waals surface area contributed by atoms with E-state index >= 15 is 0 Å². The quantitative estimate of drug-likeness (QED) is 0.840. The molecule has 0 aliphatic carbocycles. The Morgan fingerprint density at radius 3 is 3.00 bits per heavy atom. The molecule has 0 bridgehead atoms. The van der Waals surface area contributed by atoms with Crippen molar-refractivity contribution >= 4 is 17.5 Å². The Balaban J connectivity index is 2.18. The molecule has 2 heterocycles. The Morgan fingerprint density at radius 2 is 2.42 bits per heavy atom. The summed E-state index contributed by atoms with van der Waals surface area (Å²) in [6, 6.07) is 1.87. The summed E-state index contributed by atoms with van der Waals surface area (Å²) in [5, 5.41) is 9.23. The zero-order chi connectivity index (χ0) is 14.0. The highest BCUT2D eigenvalue weighted by molar-refractivity contribution is 5.95. The highest BCUT2D eigenvalue weighted by atomic mass is 16.4. The number of nitrogen functional groups attached to an aromatic ring is 1. The molecule has 6 heteroatoms. The molecule has 2 rings (SSSR count). The Morgan fingerprint density at radius 1 is 1.68 bits per heavy atom. The van der Waals surface area contributed by atoms with Gasteiger partial charge in [-0.05, 0) is 32.5 Å². The van der Waals surface area contributed by atoms with E-state index in [-0.39, 0.29) is 11.4 Å². The van der Waals surface area contributed by atoms with Gasteiger partial charge in [0.25, 0.3) is 0 Å². The number of nitrogens with zero attached hydrogens (tertiary/aromatic N) is 3. The van der Waals surface area contributed by atoms with Crippen LogP contribution in [0.25, 0.3) is 0 Å². The minimum atomic E-state index is -0.976. The van der Waals surface area contributed by atoms with Gasteiger partial charge in [-0.15, -0.1) is 0 Å². The van der Waals surface area contributed by atoms with Crippen LogP contribution in [0, 0.1) is 0 Å². The summed E-state index contributed by atoms with van der Waals surface area (Å²) in [5.41, 5.74) is 6.37. The maximum absolute atomic E-state index is 11.3. The van der Waals surface area contributed by atoms with Crippen LogP contribution in [0.4, 0.5) is 11.5 Å². The zero-order valence-electron chi connectivity index (χ0n) is 11.3. The van der Waals surface area contributed by atoms with Crippen molar-refractivity contribution in [2.24, 2.45) is 0 Å². The van der Waals surface area contributed by atoms with Crippen LogP contribution in [-0.4, -0.2) is 54.2 Å². The molecular formula is C13H20N4O2. The third-order valence-corrected chi connectivity index (χ3v) is 3.70. The van der Waals surface area contributed by atoms with Crippen LogP contribution in [0.1, 0.15) is 23.2 Å². The van der Waals surface area contributed by atoms with E-state index < -0.39 is 5.97 Å². The SMILES string of the molecule is CN(CC1CCCN1C)c1cnc(N)cc1C(=O)O. The number of likely N-dealkylation sites (tertiary alicyclic amines) is 1. The highest BCUT2D eigenvalue weighted by Crippen LogP contribution is 2.23. The number of anilines is 2. The number of aromatic carboxylic acids is 1. The number of pyridine rings is 1. The van der Waals surface area contributed by atoms with Crippen molar-refractivity contribution in [2.75, 3.05) is 37.8 Å². The molecule has 1 aliphatic rings. The number of hydrogen-bond acceptors (Lipinski definition) is 5. The molecule has 0 saturated carbocycles. The number of carboxylic acid groups (broad SMARTS) is 1. The topological polar surface area (TPSA) is 82.7 Å². The first kappa shape index (κ1) is 13.6. The lowest BCUT2D eigenvalue weighted by Crippen LogP contribution is -2.37. The van der Waals surface area contributed by atoms with E-state index in [9.17, 15) is 9.90 Å². The number of carbonyl (C=O) groups is 1. The van der Waals surface area contributed by atoms with E-state index in [1.165, 1.54) is 18.7 Å². The molecule has 1 unspecified atom stereocenters. The molecule has 1 fully saturated rings. The lowest BCUT2D eigenvalue weighted by Gasteiger charge is -2.28. The summed E-state index contributed by atoms with van der Waals surface area (Å²) in [7, 11) is 4.00. The minimum Gasteiger partial charge on any atom is -0.478 e. The summed E-state index contributed by atoms with van der Waals surface area (Å²) in [6.45, 7) is 1.90. The van der Waals surface area contributed by atoms with Gasteiger partial charge in [-0.2, -0.15) is 0 Å². The average Bonchev–Trinajstić information content (AvgIpc) is 2.74. The maximum atomic E-state index is 11.3. The molecular weight excluding hydrogens is 244 g/mol. The standard InChI is InChI=1S/C13H20N4O2/c1-16-5-3-4-9(16)8-17(2)11-7-15-12(14)6-10(11)13(18)19/h6-7,9H,3-5,8H2,1-2H3,(H2,14,15)(H,18,19). The third-order valence-electron chi connectivity index (χ3n) is 3.70. The van der Waals surface area contributed by atoms with Gasteiger partial charge in [0.1, 0.15) is 5.82 Å². The Hall–Kier alpha value is -1.82. The zero-order valence-corrected chi connectivity index (χ0v) is 11.3. The summed E-state index contributed by atoms with van der Waals surface area (Å²) >= 11 is 0. The molecule has 1 aliphatic heterocycles. The molecule has 6 nitrogen and oxygen atoms in total. The van der Waals surface area contributed by atoms with E-state index in [4.69, 9.17) is 5.73 Å². The van der Waals surface area contributed by atoms with Crippen LogP contribution in [0.3, 0.4) is 0 Å². The van der Waals surface area contributed by atoms with Gasteiger partial charge in [0.15, 0.2) is 0 Å². The maximum Gasteiger partial charge on any atom is 0.338 e. The molecule has 1 atom stereocenters. The molecule has 1 aromatic rings. The molecule has 0 radical (unpaired) electrons. The van der Waals surface area contributed by atoms with Crippen molar-refractivity contribution in [3.8, 4) is 0 Å². The van der Waals surface area contributed by atoms with Gasteiger partial charge in [0, 0.05) is 19.6 Å². The molecule has 104 valence electrons. The van der Waals surface area contributed by atoms with Gasteiger partial charge in [-0.1, -0.05) is 0 Å². The fourth-order valence-electron chi connectivity index (χ4n) is 2.56. The summed E-state index contributed by atoms with van der Waals surface area (Å²) in [5.74, 6) is -0.747. The minimum absolute atomic E-state index is 0.204. The fourth-order valence-corrected chi connectivity index (χ4v) is 2.56. The van der Waals surface area contributed by atoms with Gasteiger partial charge in [-0.3, -0.25) is 0 Å².